The van der Waals surface area contributed by atoms with Crippen molar-refractivity contribution in [1.29, 1.82) is 0 Å². The maximum Gasteiger partial charge on any atom is 0.254 e. The minimum Gasteiger partial charge on any atom is -0.340 e. The van der Waals surface area contributed by atoms with Crippen LogP contribution >= 0.6 is 0 Å². The van der Waals surface area contributed by atoms with Crippen molar-refractivity contribution in [3.05, 3.63) is 47.5 Å². The van der Waals surface area contributed by atoms with Gasteiger partial charge in [-0.1, -0.05) is 24.3 Å². The fraction of sp³-hybridized carbons (Fsp3) is 0.524. The number of fused-ring (bicyclic) bond motifs is 1. The van der Waals surface area contributed by atoms with Crippen molar-refractivity contribution < 1.29 is 19.1 Å². The molecule has 0 bridgehead atoms. The second-order valence-corrected chi connectivity index (χ2v) is 8.87. The summed E-state index contributed by atoms with van der Waals surface area (Å²) in [5.74, 6) is -1.62. The molecule has 0 unspecified atom stereocenters. The topological polar surface area (TPSA) is 55.8 Å². The highest BCUT2D eigenvalue weighted by Gasteiger charge is 2.53. The summed E-state index contributed by atoms with van der Waals surface area (Å²) in [6, 6.07) is 7.34. The molecule has 1 atom stereocenters. The van der Waals surface area contributed by atoms with Gasteiger partial charge in [-0.25, -0.2) is 0 Å². The smallest absolute Gasteiger partial charge is 0.254 e. The van der Waals surface area contributed by atoms with Gasteiger partial charge in [0.15, 0.2) is 5.79 Å². The average molecular weight is 357 g/mol. The fourth-order valence-electron chi connectivity index (χ4n) is 3.76. The van der Waals surface area contributed by atoms with Crippen LogP contribution in [0.4, 0.5) is 0 Å². The van der Waals surface area contributed by atoms with Crippen molar-refractivity contribution in [2.45, 2.75) is 71.0 Å². The van der Waals surface area contributed by atoms with Gasteiger partial charge in [0.2, 0.25) is 0 Å². The summed E-state index contributed by atoms with van der Waals surface area (Å²) in [6.45, 7) is 11.9. The molecular formula is C21H27NO4. The second kappa shape index (κ2) is 6.03. The van der Waals surface area contributed by atoms with E-state index in [1.807, 2.05) is 65.8 Å². The molecule has 0 fully saturated rings. The molecular weight excluding hydrogens is 330 g/mol. The average Bonchev–Trinajstić information content (AvgIpc) is 2.94. The fourth-order valence-corrected chi connectivity index (χ4v) is 3.76. The van der Waals surface area contributed by atoms with Crippen LogP contribution < -0.4 is 0 Å². The van der Waals surface area contributed by atoms with Crippen LogP contribution in [-0.4, -0.2) is 27.9 Å². The van der Waals surface area contributed by atoms with E-state index in [0.29, 0.717) is 6.42 Å². The van der Waals surface area contributed by atoms with Crippen molar-refractivity contribution in [1.82, 2.24) is 4.90 Å². The number of amides is 2. The molecule has 5 heteroatoms. The number of rotatable bonds is 3. The number of nitrogens with zero attached hydrogens (tertiary/aromatic N) is 1. The SMILES string of the molecule is CC(C)(C)OC1(OC(C)(C)C)C[C@H](N2C(=O)C=CC2=O)c2ccccc21. The van der Waals surface area contributed by atoms with Gasteiger partial charge in [0.05, 0.1) is 17.2 Å². The number of hydrogen-bond donors (Lipinski definition) is 0. The molecule has 1 heterocycles. The Hall–Kier alpha value is -1.98. The van der Waals surface area contributed by atoms with Crippen LogP contribution in [0.3, 0.4) is 0 Å². The van der Waals surface area contributed by atoms with Crippen LogP contribution in [0.25, 0.3) is 0 Å². The monoisotopic (exact) mass is 357 g/mol. The molecule has 0 N–H and O–H groups in total. The molecule has 1 aliphatic heterocycles. The number of benzene rings is 1. The summed E-state index contributed by atoms with van der Waals surface area (Å²) in [5.41, 5.74) is 0.837. The molecule has 0 saturated carbocycles. The molecule has 0 aromatic heterocycles. The quantitative estimate of drug-likeness (QED) is 0.609. The van der Waals surface area contributed by atoms with Crippen molar-refractivity contribution in [2.24, 2.45) is 0 Å². The molecule has 5 nitrogen and oxygen atoms in total. The Balaban J connectivity index is 2.11. The summed E-state index contributed by atoms with van der Waals surface area (Å²) >= 11 is 0. The van der Waals surface area contributed by atoms with E-state index in [-0.39, 0.29) is 11.8 Å². The van der Waals surface area contributed by atoms with Crippen LogP contribution in [0.15, 0.2) is 36.4 Å². The number of ether oxygens (including phenoxy) is 2. The van der Waals surface area contributed by atoms with Gasteiger partial charge < -0.3 is 9.47 Å². The van der Waals surface area contributed by atoms with E-state index in [4.69, 9.17) is 9.47 Å². The standard InChI is InChI=1S/C21H27NO4/c1-19(2,3)25-21(26-20(4,5)6)13-16(14-9-7-8-10-15(14)21)22-17(23)11-12-18(22)24/h7-12,16H,13H2,1-6H3/t16-/m0/s1. The third kappa shape index (κ3) is 3.46. The van der Waals surface area contributed by atoms with Gasteiger partial charge in [-0.15, -0.1) is 0 Å². The predicted octanol–water partition coefficient (Wildman–Crippen LogP) is 3.84. The number of carbonyl (C=O) groups is 2. The molecule has 0 saturated heterocycles. The normalized spacial score (nSPS) is 22.2. The van der Waals surface area contributed by atoms with Gasteiger partial charge in [0.1, 0.15) is 0 Å². The summed E-state index contributed by atoms with van der Waals surface area (Å²) < 4.78 is 12.9. The molecule has 0 spiro atoms. The highest BCUT2D eigenvalue weighted by atomic mass is 16.7. The Labute approximate surface area is 155 Å². The van der Waals surface area contributed by atoms with Crippen LogP contribution in [-0.2, 0) is 24.8 Å². The van der Waals surface area contributed by atoms with E-state index in [0.717, 1.165) is 11.1 Å². The van der Waals surface area contributed by atoms with Crippen LogP contribution in [0.5, 0.6) is 0 Å². The lowest BCUT2D eigenvalue weighted by Gasteiger charge is -2.41. The molecule has 140 valence electrons. The largest absolute Gasteiger partial charge is 0.340 e. The highest BCUT2D eigenvalue weighted by Crippen LogP contribution is 2.52. The number of hydrogen-bond acceptors (Lipinski definition) is 4. The molecule has 3 rings (SSSR count). The van der Waals surface area contributed by atoms with Gasteiger partial charge in [-0.3, -0.25) is 14.5 Å². The summed E-state index contributed by atoms with van der Waals surface area (Å²) in [4.78, 5) is 25.9. The Morgan fingerprint density at radius 2 is 1.42 bits per heavy atom. The second-order valence-electron chi connectivity index (χ2n) is 8.87. The van der Waals surface area contributed by atoms with E-state index >= 15 is 0 Å². The first kappa shape index (κ1) is 18.8. The maximum atomic E-state index is 12.3. The molecule has 2 amide bonds. The lowest BCUT2D eigenvalue weighted by molar-refractivity contribution is -0.322. The van der Waals surface area contributed by atoms with E-state index in [2.05, 4.69) is 0 Å². The third-order valence-electron chi connectivity index (χ3n) is 4.29. The molecule has 1 aliphatic carbocycles. The minimum absolute atomic E-state index is 0.294. The zero-order chi connectivity index (χ0) is 19.3. The number of imide groups is 1. The van der Waals surface area contributed by atoms with Gasteiger partial charge in [0.25, 0.3) is 11.8 Å². The van der Waals surface area contributed by atoms with Gasteiger partial charge in [-0.05, 0) is 47.1 Å². The zero-order valence-electron chi connectivity index (χ0n) is 16.3. The lowest BCUT2D eigenvalue weighted by Crippen LogP contribution is -2.44. The summed E-state index contributed by atoms with van der Waals surface area (Å²) in [5, 5.41) is 0. The molecule has 2 aliphatic rings. The Kier molecular flexibility index (Phi) is 4.36. The van der Waals surface area contributed by atoms with Crippen molar-refractivity contribution in [2.75, 3.05) is 0 Å². The van der Waals surface area contributed by atoms with Crippen LogP contribution in [0.2, 0.25) is 0 Å². The third-order valence-corrected chi connectivity index (χ3v) is 4.29. The van der Waals surface area contributed by atoms with E-state index < -0.39 is 23.0 Å². The Morgan fingerprint density at radius 1 is 0.923 bits per heavy atom. The summed E-state index contributed by atoms with van der Waals surface area (Å²) in [7, 11) is 0. The number of carbonyl (C=O) groups excluding carboxylic acids is 2. The van der Waals surface area contributed by atoms with Gasteiger partial charge in [-0.2, -0.15) is 0 Å². The van der Waals surface area contributed by atoms with Crippen molar-refractivity contribution in [3.63, 3.8) is 0 Å². The van der Waals surface area contributed by atoms with Gasteiger partial charge >= 0.3 is 0 Å². The van der Waals surface area contributed by atoms with Crippen molar-refractivity contribution in [3.8, 4) is 0 Å². The first-order chi connectivity index (χ1) is 11.9. The van der Waals surface area contributed by atoms with Crippen LogP contribution in [0, 0.1) is 0 Å². The minimum atomic E-state index is -1.03. The Morgan fingerprint density at radius 3 is 1.92 bits per heavy atom. The highest BCUT2D eigenvalue weighted by molar-refractivity contribution is 6.13. The predicted molar refractivity (Wildman–Crippen MR) is 98.1 cm³/mol. The summed E-state index contributed by atoms with van der Waals surface area (Å²) in [6.07, 6.45) is 3.01. The van der Waals surface area contributed by atoms with Crippen molar-refractivity contribution >= 4 is 11.8 Å². The lowest BCUT2D eigenvalue weighted by atomic mass is 10.0. The van der Waals surface area contributed by atoms with Gasteiger partial charge in [0, 0.05) is 24.1 Å². The van der Waals surface area contributed by atoms with E-state index in [1.165, 1.54) is 17.1 Å². The maximum absolute atomic E-state index is 12.3. The Bertz CT molecular complexity index is 733. The zero-order valence-corrected chi connectivity index (χ0v) is 16.3. The molecule has 26 heavy (non-hydrogen) atoms. The van der Waals surface area contributed by atoms with Crippen LogP contribution in [0.1, 0.15) is 65.1 Å². The van der Waals surface area contributed by atoms with E-state index in [9.17, 15) is 9.59 Å². The molecule has 0 radical (unpaired) electrons. The molecule has 1 aromatic carbocycles. The molecule has 1 aromatic rings. The first-order valence-corrected chi connectivity index (χ1v) is 8.97. The first-order valence-electron chi connectivity index (χ1n) is 8.97. The van der Waals surface area contributed by atoms with E-state index in [1.54, 1.807) is 0 Å².